The molecule has 0 spiro atoms. The molecule has 1 amide bonds. The lowest BCUT2D eigenvalue weighted by molar-refractivity contribution is 0.0760. The van der Waals surface area contributed by atoms with Gasteiger partial charge in [0.25, 0.3) is 5.91 Å². The fraction of sp³-hybridized carbons (Fsp3) is 0.389. The van der Waals surface area contributed by atoms with E-state index >= 15 is 0 Å². The van der Waals surface area contributed by atoms with E-state index in [1.54, 1.807) is 18.6 Å². The average molecular weight is 345 g/mol. The van der Waals surface area contributed by atoms with E-state index in [4.69, 9.17) is 11.6 Å². The van der Waals surface area contributed by atoms with Crippen molar-refractivity contribution in [3.8, 4) is 0 Å². The van der Waals surface area contributed by atoms with Crippen LogP contribution in [0.1, 0.15) is 28.0 Å². The molecule has 24 heavy (non-hydrogen) atoms. The fourth-order valence-corrected chi connectivity index (χ4v) is 3.06. The molecule has 3 rings (SSSR count). The standard InChI is InChI=1S/C18H21ClN4O/c1-14-3-4-15(11-21-14)18(24)23-8-2-7-22(9-10-23)13-16-5-6-20-12-17(16)19/h3-6,11-12H,2,7-10,13H2,1H3. The van der Waals surface area contributed by atoms with E-state index in [1.807, 2.05) is 30.0 Å². The number of hydrogen-bond donors (Lipinski definition) is 0. The number of aryl methyl sites for hydroxylation is 1. The molecule has 2 aromatic heterocycles. The zero-order chi connectivity index (χ0) is 16.9. The number of carbonyl (C=O) groups excluding carboxylic acids is 1. The van der Waals surface area contributed by atoms with E-state index in [0.717, 1.165) is 50.4 Å². The van der Waals surface area contributed by atoms with Crippen LogP contribution in [0.4, 0.5) is 0 Å². The highest BCUT2D eigenvalue weighted by molar-refractivity contribution is 6.31. The van der Waals surface area contributed by atoms with Crippen molar-refractivity contribution in [1.82, 2.24) is 19.8 Å². The van der Waals surface area contributed by atoms with Crippen molar-refractivity contribution in [2.75, 3.05) is 26.2 Å². The van der Waals surface area contributed by atoms with Crippen LogP contribution in [0, 0.1) is 6.92 Å². The van der Waals surface area contributed by atoms with E-state index in [2.05, 4.69) is 14.9 Å². The average Bonchev–Trinajstić information content (AvgIpc) is 2.83. The van der Waals surface area contributed by atoms with Gasteiger partial charge in [-0.2, -0.15) is 0 Å². The number of halogens is 1. The van der Waals surface area contributed by atoms with E-state index in [9.17, 15) is 4.79 Å². The van der Waals surface area contributed by atoms with E-state index in [1.165, 1.54) is 0 Å². The lowest BCUT2D eigenvalue weighted by Crippen LogP contribution is -2.35. The molecule has 0 N–H and O–H groups in total. The SMILES string of the molecule is Cc1ccc(C(=O)N2CCCN(Cc3ccncc3Cl)CC2)cn1. The highest BCUT2D eigenvalue weighted by atomic mass is 35.5. The van der Waals surface area contributed by atoms with Crippen LogP contribution in [0.15, 0.2) is 36.8 Å². The zero-order valence-corrected chi connectivity index (χ0v) is 14.5. The summed E-state index contributed by atoms with van der Waals surface area (Å²) in [6.45, 7) is 5.98. The van der Waals surface area contributed by atoms with Crippen LogP contribution in [-0.2, 0) is 6.54 Å². The number of nitrogens with zero attached hydrogens (tertiary/aromatic N) is 4. The van der Waals surface area contributed by atoms with Crippen molar-refractivity contribution < 1.29 is 4.79 Å². The Hall–Kier alpha value is -1.98. The molecule has 0 saturated carbocycles. The Morgan fingerprint density at radius 2 is 2.04 bits per heavy atom. The van der Waals surface area contributed by atoms with Crippen molar-refractivity contribution in [3.05, 3.63) is 58.6 Å². The first kappa shape index (κ1) is 16.9. The van der Waals surface area contributed by atoms with Gasteiger partial charge in [-0.1, -0.05) is 11.6 Å². The summed E-state index contributed by atoms with van der Waals surface area (Å²) < 4.78 is 0. The minimum atomic E-state index is 0.0614. The zero-order valence-electron chi connectivity index (χ0n) is 13.8. The van der Waals surface area contributed by atoms with Gasteiger partial charge >= 0.3 is 0 Å². The summed E-state index contributed by atoms with van der Waals surface area (Å²) in [6, 6.07) is 5.68. The molecule has 1 saturated heterocycles. The lowest BCUT2D eigenvalue weighted by Gasteiger charge is -2.22. The van der Waals surface area contributed by atoms with Gasteiger partial charge in [0, 0.05) is 57.0 Å². The second-order valence-corrected chi connectivity index (χ2v) is 6.48. The summed E-state index contributed by atoms with van der Waals surface area (Å²) in [4.78, 5) is 25.1. The largest absolute Gasteiger partial charge is 0.337 e. The Morgan fingerprint density at radius 1 is 1.17 bits per heavy atom. The smallest absolute Gasteiger partial charge is 0.255 e. The minimum absolute atomic E-state index is 0.0614. The topological polar surface area (TPSA) is 49.3 Å². The van der Waals surface area contributed by atoms with Crippen LogP contribution >= 0.6 is 11.6 Å². The minimum Gasteiger partial charge on any atom is -0.337 e. The molecule has 5 nitrogen and oxygen atoms in total. The second-order valence-electron chi connectivity index (χ2n) is 6.08. The number of pyridine rings is 2. The van der Waals surface area contributed by atoms with Crippen LogP contribution < -0.4 is 0 Å². The Kier molecular flexibility index (Phi) is 5.43. The highest BCUT2D eigenvalue weighted by Crippen LogP contribution is 2.17. The Labute approximate surface area is 147 Å². The molecule has 1 aliphatic rings. The van der Waals surface area contributed by atoms with Crippen molar-refractivity contribution in [1.29, 1.82) is 0 Å². The normalized spacial score (nSPS) is 16.0. The van der Waals surface area contributed by atoms with E-state index in [0.29, 0.717) is 10.6 Å². The molecule has 0 aromatic carbocycles. The summed E-state index contributed by atoms with van der Waals surface area (Å²) in [7, 11) is 0. The molecule has 0 atom stereocenters. The number of aromatic nitrogens is 2. The van der Waals surface area contributed by atoms with Gasteiger partial charge in [-0.05, 0) is 37.1 Å². The van der Waals surface area contributed by atoms with Crippen LogP contribution in [0.3, 0.4) is 0 Å². The molecule has 6 heteroatoms. The lowest BCUT2D eigenvalue weighted by atomic mass is 10.2. The molecule has 0 aliphatic carbocycles. The highest BCUT2D eigenvalue weighted by Gasteiger charge is 2.21. The van der Waals surface area contributed by atoms with Crippen LogP contribution in [0.25, 0.3) is 0 Å². The van der Waals surface area contributed by atoms with Crippen molar-refractivity contribution >= 4 is 17.5 Å². The number of hydrogen-bond acceptors (Lipinski definition) is 4. The number of amides is 1. The Balaban J connectivity index is 1.61. The second kappa shape index (κ2) is 7.73. The molecule has 1 fully saturated rings. The Morgan fingerprint density at radius 3 is 2.79 bits per heavy atom. The monoisotopic (exact) mass is 344 g/mol. The van der Waals surface area contributed by atoms with Crippen molar-refractivity contribution in [2.45, 2.75) is 19.9 Å². The van der Waals surface area contributed by atoms with Gasteiger partial charge in [0.1, 0.15) is 0 Å². The maximum Gasteiger partial charge on any atom is 0.255 e. The summed E-state index contributed by atoms with van der Waals surface area (Å²) >= 11 is 6.20. The molecular weight excluding hydrogens is 324 g/mol. The molecule has 0 unspecified atom stereocenters. The molecule has 126 valence electrons. The van der Waals surface area contributed by atoms with Crippen LogP contribution in [-0.4, -0.2) is 51.9 Å². The molecule has 1 aliphatic heterocycles. The van der Waals surface area contributed by atoms with Gasteiger partial charge < -0.3 is 4.90 Å². The predicted octanol–water partition coefficient (Wildman–Crippen LogP) is 2.79. The molecule has 0 bridgehead atoms. The summed E-state index contributed by atoms with van der Waals surface area (Å²) in [5, 5.41) is 0.695. The maximum atomic E-state index is 12.6. The first-order valence-electron chi connectivity index (χ1n) is 8.16. The summed E-state index contributed by atoms with van der Waals surface area (Å²) in [5.74, 6) is 0.0614. The third kappa shape index (κ3) is 4.10. The van der Waals surface area contributed by atoms with E-state index in [-0.39, 0.29) is 5.91 Å². The van der Waals surface area contributed by atoms with Crippen molar-refractivity contribution in [2.24, 2.45) is 0 Å². The van der Waals surface area contributed by atoms with Gasteiger partial charge in [0.15, 0.2) is 0 Å². The molecular formula is C18H21ClN4O. The summed E-state index contributed by atoms with van der Waals surface area (Å²) in [6.07, 6.45) is 6.05. The Bertz CT molecular complexity index is 704. The van der Waals surface area contributed by atoms with Gasteiger partial charge in [-0.3, -0.25) is 19.7 Å². The number of rotatable bonds is 3. The molecule has 0 radical (unpaired) electrons. The fourth-order valence-electron chi connectivity index (χ4n) is 2.88. The van der Waals surface area contributed by atoms with Gasteiger partial charge in [0.05, 0.1) is 10.6 Å². The molecule has 3 heterocycles. The van der Waals surface area contributed by atoms with Crippen LogP contribution in [0.5, 0.6) is 0 Å². The third-order valence-corrected chi connectivity index (χ3v) is 4.62. The molecule has 2 aromatic rings. The first-order valence-corrected chi connectivity index (χ1v) is 8.54. The van der Waals surface area contributed by atoms with Gasteiger partial charge in [0.2, 0.25) is 0 Å². The van der Waals surface area contributed by atoms with Crippen LogP contribution in [0.2, 0.25) is 5.02 Å². The first-order chi connectivity index (χ1) is 11.6. The third-order valence-electron chi connectivity index (χ3n) is 4.28. The van der Waals surface area contributed by atoms with E-state index < -0.39 is 0 Å². The predicted molar refractivity (Wildman–Crippen MR) is 94.0 cm³/mol. The van der Waals surface area contributed by atoms with Gasteiger partial charge in [-0.25, -0.2) is 0 Å². The number of carbonyl (C=O) groups is 1. The van der Waals surface area contributed by atoms with Crippen molar-refractivity contribution in [3.63, 3.8) is 0 Å². The quantitative estimate of drug-likeness (QED) is 0.859. The summed E-state index contributed by atoms with van der Waals surface area (Å²) in [5.41, 5.74) is 2.66. The maximum absolute atomic E-state index is 12.6. The van der Waals surface area contributed by atoms with Gasteiger partial charge in [-0.15, -0.1) is 0 Å².